The molecule has 2 N–H and O–H groups in total. The van der Waals surface area contributed by atoms with Crippen molar-refractivity contribution in [1.82, 2.24) is 4.90 Å². The van der Waals surface area contributed by atoms with Gasteiger partial charge in [-0.05, 0) is 63.3 Å². The van der Waals surface area contributed by atoms with Crippen molar-refractivity contribution in [3.63, 3.8) is 0 Å². The molecular weight excluding hydrogens is 514 g/mol. The molecule has 1 aromatic carbocycles. The highest BCUT2D eigenvalue weighted by molar-refractivity contribution is 8.02. The molecule has 3 unspecified atom stereocenters. The number of aliphatic hydroxyl groups is 1. The molecule has 3 aliphatic heterocycles. The van der Waals surface area contributed by atoms with E-state index in [1.54, 1.807) is 27.6 Å². The lowest BCUT2D eigenvalue weighted by Gasteiger charge is -2.40. The van der Waals surface area contributed by atoms with Crippen molar-refractivity contribution in [2.75, 3.05) is 42.6 Å². The maximum Gasteiger partial charge on any atom is 0.308 e. The number of amides is 2. The molecule has 3 saturated heterocycles. The number of hydrogen-bond acceptors (Lipinski definition) is 6. The van der Waals surface area contributed by atoms with Gasteiger partial charge in [0.15, 0.2) is 0 Å². The number of anilines is 2. The molecular formula is C30H43N3O5S. The van der Waals surface area contributed by atoms with E-state index in [4.69, 9.17) is 5.11 Å². The molecule has 8 nitrogen and oxygen atoms in total. The van der Waals surface area contributed by atoms with Crippen molar-refractivity contribution in [3.05, 3.63) is 36.9 Å². The minimum atomic E-state index is -0.939. The summed E-state index contributed by atoms with van der Waals surface area (Å²) in [6.45, 7) is 12.8. The Bertz CT molecular complexity index is 1060. The van der Waals surface area contributed by atoms with Gasteiger partial charge in [-0.1, -0.05) is 25.8 Å². The van der Waals surface area contributed by atoms with Crippen LogP contribution >= 0.6 is 11.8 Å². The Balaban J connectivity index is 1.71. The van der Waals surface area contributed by atoms with Gasteiger partial charge in [-0.2, -0.15) is 0 Å². The van der Waals surface area contributed by atoms with Crippen LogP contribution in [-0.2, 0) is 14.4 Å². The van der Waals surface area contributed by atoms with Crippen molar-refractivity contribution < 1.29 is 24.6 Å². The lowest BCUT2D eigenvalue weighted by Crippen LogP contribution is -2.57. The van der Waals surface area contributed by atoms with Crippen LogP contribution in [0.1, 0.15) is 52.9 Å². The Kier molecular flexibility index (Phi) is 9.32. The van der Waals surface area contributed by atoms with Crippen LogP contribution < -0.4 is 9.80 Å². The number of thioether (sulfide) groups is 1. The van der Waals surface area contributed by atoms with Gasteiger partial charge in [0.2, 0.25) is 5.91 Å². The highest BCUT2D eigenvalue weighted by Crippen LogP contribution is 2.68. The fourth-order valence-corrected chi connectivity index (χ4v) is 9.51. The summed E-state index contributed by atoms with van der Waals surface area (Å²) in [5, 5.41) is 19.1. The standard InChI is InChI=1S/C30H43N3O5S/c1-5-16-32(22-14-12-21(13-15-22)31(6-2)7-3)28(36)26-30-20(4)19-23(39-30)24(29(37)38)25(30)27(35)33(26)17-10-8-9-11-18-34/h5,12-15,20,23-26,34H,1,6-11,16-19H2,2-4H3,(H,37,38)/t20?,23-,24+,25-,26?,30?/m0/s1. The average molecular weight is 558 g/mol. The molecule has 0 aliphatic carbocycles. The number of unbranched alkanes of at least 4 members (excludes halogenated alkanes) is 3. The number of aliphatic hydroxyl groups excluding tert-OH is 1. The second-order valence-corrected chi connectivity index (χ2v) is 12.5. The maximum atomic E-state index is 14.6. The third-order valence-electron chi connectivity index (χ3n) is 8.94. The number of aliphatic carboxylic acids is 1. The molecule has 0 saturated carbocycles. The lowest BCUT2D eigenvalue weighted by atomic mass is 9.66. The minimum Gasteiger partial charge on any atom is -0.481 e. The van der Waals surface area contributed by atoms with Crippen LogP contribution in [0.25, 0.3) is 0 Å². The zero-order valence-electron chi connectivity index (χ0n) is 23.4. The van der Waals surface area contributed by atoms with Crippen LogP contribution in [0, 0.1) is 17.8 Å². The predicted molar refractivity (Wildman–Crippen MR) is 156 cm³/mol. The summed E-state index contributed by atoms with van der Waals surface area (Å²) in [7, 11) is 0. The van der Waals surface area contributed by atoms with Crippen molar-refractivity contribution in [2.45, 2.75) is 68.9 Å². The zero-order chi connectivity index (χ0) is 28.3. The topological polar surface area (TPSA) is 101 Å². The highest BCUT2D eigenvalue weighted by Gasteiger charge is 2.76. The lowest BCUT2D eigenvalue weighted by molar-refractivity contribution is -0.149. The Morgan fingerprint density at radius 3 is 2.36 bits per heavy atom. The number of nitrogens with zero attached hydrogens (tertiary/aromatic N) is 3. The second kappa shape index (κ2) is 12.3. The van der Waals surface area contributed by atoms with Gasteiger partial charge in [0, 0.05) is 49.4 Å². The molecule has 3 heterocycles. The molecule has 2 amide bonds. The second-order valence-electron chi connectivity index (χ2n) is 11.0. The maximum absolute atomic E-state index is 14.6. The van der Waals surface area contributed by atoms with E-state index in [2.05, 4.69) is 32.3 Å². The van der Waals surface area contributed by atoms with Gasteiger partial charge in [-0.15, -0.1) is 18.3 Å². The Morgan fingerprint density at radius 1 is 1.13 bits per heavy atom. The first-order chi connectivity index (χ1) is 18.8. The minimum absolute atomic E-state index is 0.0426. The number of carbonyl (C=O) groups excluding carboxylic acids is 2. The molecule has 214 valence electrons. The highest BCUT2D eigenvalue weighted by atomic mass is 32.2. The van der Waals surface area contributed by atoms with E-state index in [1.807, 2.05) is 24.3 Å². The van der Waals surface area contributed by atoms with E-state index in [9.17, 15) is 19.5 Å². The summed E-state index contributed by atoms with van der Waals surface area (Å²) >= 11 is 1.57. The molecule has 9 heteroatoms. The smallest absolute Gasteiger partial charge is 0.308 e. The molecule has 4 rings (SSSR count). The SMILES string of the molecule is C=CCN(C(=O)C1N(CCCCCCO)C(=O)[C@@H]2[C@H](C(=O)O)[C@@H]3CC(C)C12S3)c1ccc(N(CC)CC)cc1. The summed E-state index contributed by atoms with van der Waals surface area (Å²) in [5.74, 6) is -2.72. The summed E-state index contributed by atoms with van der Waals surface area (Å²) in [5.41, 5.74) is 1.82. The first-order valence-corrected chi connectivity index (χ1v) is 15.2. The van der Waals surface area contributed by atoms with Gasteiger partial charge in [0.05, 0.1) is 16.6 Å². The van der Waals surface area contributed by atoms with Crippen LogP contribution in [0.2, 0.25) is 0 Å². The molecule has 6 atom stereocenters. The van der Waals surface area contributed by atoms with Crippen molar-refractivity contribution >= 4 is 40.9 Å². The van der Waals surface area contributed by atoms with Gasteiger partial charge < -0.3 is 24.9 Å². The first-order valence-electron chi connectivity index (χ1n) is 14.4. The molecule has 2 bridgehead atoms. The van der Waals surface area contributed by atoms with E-state index in [0.717, 1.165) is 37.3 Å². The van der Waals surface area contributed by atoms with Gasteiger partial charge in [-0.3, -0.25) is 14.4 Å². The van der Waals surface area contributed by atoms with Gasteiger partial charge >= 0.3 is 5.97 Å². The normalized spacial score (nSPS) is 29.0. The Labute approximate surface area is 236 Å². The Morgan fingerprint density at radius 2 is 1.77 bits per heavy atom. The monoisotopic (exact) mass is 557 g/mol. The van der Waals surface area contributed by atoms with Crippen molar-refractivity contribution in [1.29, 1.82) is 0 Å². The largest absolute Gasteiger partial charge is 0.481 e. The number of carboxylic acids is 1. The van der Waals surface area contributed by atoms with Crippen molar-refractivity contribution in [2.24, 2.45) is 17.8 Å². The first kappa shape index (κ1) is 29.5. The third-order valence-corrected chi connectivity index (χ3v) is 11.0. The Hall–Kier alpha value is -2.52. The average Bonchev–Trinajstić information content (AvgIpc) is 3.51. The van der Waals surface area contributed by atoms with Gasteiger partial charge in [0.1, 0.15) is 6.04 Å². The van der Waals surface area contributed by atoms with E-state index in [-0.39, 0.29) is 29.6 Å². The van der Waals surface area contributed by atoms with Gasteiger partial charge in [-0.25, -0.2) is 0 Å². The fourth-order valence-electron chi connectivity index (χ4n) is 7.10. The van der Waals surface area contributed by atoms with Crippen LogP contribution in [0.3, 0.4) is 0 Å². The molecule has 0 aromatic heterocycles. The summed E-state index contributed by atoms with van der Waals surface area (Å²) in [6.07, 6.45) is 5.48. The summed E-state index contributed by atoms with van der Waals surface area (Å²) in [6, 6.07) is 7.20. The van der Waals surface area contributed by atoms with E-state index in [0.29, 0.717) is 32.4 Å². The van der Waals surface area contributed by atoms with Crippen molar-refractivity contribution in [3.8, 4) is 0 Å². The van der Waals surface area contributed by atoms with E-state index in [1.165, 1.54) is 0 Å². The molecule has 1 spiro atoms. The quantitative estimate of drug-likeness (QED) is 0.263. The number of benzene rings is 1. The third kappa shape index (κ3) is 5.08. The number of hydrogen-bond donors (Lipinski definition) is 2. The number of likely N-dealkylation sites (tertiary alicyclic amines) is 1. The predicted octanol–water partition coefficient (Wildman–Crippen LogP) is 4.03. The van der Waals surface area contributed by atoms with Crippen LogP contribution in [-0.4, -0.2) is 81.7 Å². The van der Waals surface area contributed by atoms with Crippen LogP contribution in [0.15, 0.2) is 36.9 Å². The van der Waals surface area contributed by atoms with Gasteiger partial charge in [0.25, 0.3) is 5.91 Å². The summed E-state index contributed by atoms with van der Waals surface area (Å²) in [4.78, 5) is 46.6. The molecule has 1 aromatic rings. The number of carboxylic acid groups (broad SMARTS) is 1. The number of carbonyl (C=O) groups is 3. The molecule has 39 heavy (non-hydrogen) atoms. The van der Waals surface area contributed by atoms with Crippen LogP contribution in [0.5, 0.6) is 0 Å². The number of rotatable bonds is 14. The zero-order valence-corrected chi connectivity index (χ0v) is 24.2. The van der Waals surface area contributed by atoms with E-state index >= 15 is 0 Å². The molecule has 3 fully saturated rings. The fraction of sp³-hybridized carbons (Fsp3) is 0.633. The number of fused-ring (bicyclic) bond motifs is 1. The summed E-state index contributed by atoms with van der Waals surface area (Å²) < 4.78 is -0.756. The van der Waals surface area contributed by atoms with Crippen LogP contribution in [0.4, 0.5) is 11.4 Å². The molecule has 3 aliphatic rings. The molecule has 0 radical (unpaired) electrons. The van der Waals surface area contributed by atoms with E-state index < -0.39 is 28.6 Å².